The first-order valence-electron chi connectivity index (χ1n) is 6.62. The van der Waals surface area contributed by atoms with E-state index in [1.165, 1.54) is 17.9 Å². The standard InChI is InChI=1S/C12H19N3OS2/c1-2-12(4-3-5-13-12)11-14-10(15-16-11)9-8-17-6-7-18-9/h9,13H,2-8H2,1H3. The fourth-order valence-electron chi connectivity index (χ4n) is 2.64. The van der Waals surface area contributed by atoms with Crippen molar-refractivity contribution in [2.24, 2.45) is 0 Å². The number of nitrogens with zero attached hydrogens (tertiary/aromatic N) is 2. The molecule has 1 aromatic heterocycles. The fourth-order valence-corrected chi connectivity index (χ4v) is 5.23. The van der Waals surface area contributed by atoms with E-state index in [1.807, 2.05) is 23.5 Å². The van der Waals surface area contributed by atoms with Crippen LogP contribution in [0.2, 0.25) is 0 Å². The molecule has 4 nitrogen and oxygen atoms in total. The van der Waals surface area contributed by atoms with E-state index < -0.39 is 0 Å². The lowest BCUT2D eigenvalue weighted by Gasteiger charge is -2.23. The van der Waals surface area contributed by atoms with Crippen LogP contribution < -0.4 is 5.32 Å². The molecular weight excluding hydrogens is 266 g/mol. The lowest BCUT2D eigenvalue weighted by molar-refractivity contribution is 0.249. The van der Waals surface area contributed by atoms with Crippen molar-refractivity contribution in [3.05, 3.63) is 11.7 Å². The topological polar surface area (TPSA) is 51.0 Å². The van der Waals surface area contributed by atoms with E-state index in [0.717, 1.165) is 36.9 Å². The first kappa shape index (κ1) is 12.8. The van der Waals surface area contributed by atoms with Crippen molar-refractivity contribution in [2.45, 2.75) is 37.0 Å². The average molecular weight is 285 g/mol. The lowest BCUT2D eigenvalue weighted by Crippen LogP contribution is -2.36. The van der Waals surface area contributed by atoms with E-state index in [2.05, 4.69) is 22.4 Å². The molecule has 3 heterocycles. The molecule has 0 saturated carbocycles. The zero-order chi connectivity index (χ0) is 12.4. The van der Waals surface area contributed by atoms with Gasteiger partial charge in [0.15, 0.2) is 5.82 Å². The van der Waals surface area contributed by atoms with E-state index in [9.17, 15) is 0 Å². The number of thioether (sulfide) groups is 2. The largest absolute Gasteiger partial charge is 0.337 e. The van der Waals surface area contributed by atoms with Gasteiger partial charge in [0.25, 0.3) is 0 Å². The average Bonchev–Trinajstić information content (AvgIpc) is 3.09. The van der Waals surface area contributed by atoms with Gasteiger partial charge >= 0.3 is 0 Å². The Hall–Kier alpha value is -0.200. The molecule has 18 heavy (non-hydrogen) atoms. The van der Waals surface area contributed by atoms with Crippen molar-refractivity contribution in [2.75, 3.05) is 23.8 Å². The molecule has 0 aliphatic carbocycles. The van der Waals surface area contributed by atoms with Crippen LogP contribution in [0.3, 0.4) is 0 Å². The normalized spacial score (nSPS) is 32.8. The Kier molecular flexibility index (Phi) is 3.86. The highest BCUT2D eigenvalue weighted by atomic mass is 32.2. The Morgan fingerprint density at radius 2 is 2.44 bits per heavy atom. The fraction of sp³-hybridized carbons (Fsp3) is 0.833. The van der Waals surface area contributed by atoms with Crippen LogP contribution in [0, 0.1) is 0 Å². The van der Waals surface area contributed by atoms with Gasteiger partial charge < -0.3 is 9.84 Å². The lowest BCUT2D eigenvalue weighted by atomic mass is 9.94. The summed E-state index contributed by atoms with van der Waals surface area (Å²) in [6.45, 7) is 3.24. The molecule has 2 atom stereocenters. The first-order valence-corrected chi connectivity index (χ1v) is 8.83. The molecule has 1 aromatic rings. The highest BCUT2D eigenvalue weighted by molar-refractivity contribution is 8.06. The molecule has 3 rings (SSSR count). The van der Waals surface area contributed by atoms with Crippen molar-refractivity contribution in [3.63, 3.8) is 0 Å². The summed E-state index contributed by atoms with van der Waals surface area (Å²) in [6.07, 6.45) is 3.32. The van der Waals surface area contributed by atoms with Crippen molar-refractivity contribution >= 4 is 23.5 Å². The maximum atomic E-state index is 5.55. The Bertz CT molecular complexity index is 398. The molecule has 1 N–H and O–H groups in total. The Morgan fingerprint density at radius 1 is 1.50 bits per heavy atom. The van der Waals surface area contributed by atoms with Gasteiger partial charge in [-0.25, -0.2) is 0 Å². The Balaban J connectivity index is 1.79. The summed E-state index contributed by atoms with van der Waals surface area (Å²) in [4.78, 5) is 4.68. The number of rotatable bonds is 3. The summed E-state index contributed by atoms with van der Waals surface area (Å²) in [5.41, 5.74) is -0.0578. The van der Waals surface area contributed by atoms with Gasteiger partial charge in [0.2, 0.25) is 5.89 Å². The van der Waals surface area contributed by atoms with Gasteiger partial charge in [-0.2, -0.15) is 16.7 Å². The molecule has 6 heteroatoms. The van der Waals surface area contributed by atoms with E-state index in [-0.39, 0.29) is 5.54 Å². The second-order valence-electron chi connectivity index (χ2n) is 4.86. The molecule has 2 aliphatic heterocycles. The summed E-state index contributed by atoms with van der Waals surface area (Å²) in [6, 6.07) is 0. The van der Waals surface area contributed by atoms with Crippen molar-refractivity contribution in [1.82, 2.24) is 15.5 Å². The van der Waals surface area contributed by atoms with Gasteiger partial charge in [-0.3, -0.25) is 0 Å². The minimum Gasteiger partial charge on any atom is -0.337 e. The number of aromatic nitrogens is 2. The molecule has 0 spiro atoms. The smallest absolute Gasteiger partial charge is 0.246 e. The highest BCUT2D eigenvalue weighted by Gasteiger charge is 2.39. The third-order valence-electron chi connectivity index (χ3n) is 3.80. The van der Waals surface area contributed by atoms with Crippen LogP contribution >= 0.6 is 23.5 Å². The molecular formula is C12H19N3OS2. The van der Waals surface area contributed by atoms with Gasteiger partial charge in [-0.1, -0.05) is 12.1 Å². The number of hydrogen-bond acceptors (Lipinski definition) is 6. The molecule has 0 bridgehead atoms. The van der Waals surface area contributed by atoms with Crippen LogP contribution in [0.5, 0.6) is 0 Å². The molecule has 2 saturated heterocycles. The summed E-state index contributed by atoms with van der Waals surface area (Å²) < 4.78 is 5.55. The van der Waals surface area contributed by atoms with Crippen molar-refractivity contribution < 1.29 is 4.52 Å². The van der Waals surface area contributed by atoms with Gasteiger partial charge in [0.05, 0.1) is 10.8 Å². The molecule has 2 fully saturated rings. The first-order chi connectivity index (χ1) is 8.84. The van der Waals surface area contributed by atoms with E-state index in [1.54, 1.807) is 0 Å². The minimum absolute atomic E-state index is 0.0578. The van der Waals surface area contributed by atoms with Crippen LogP contribution in [-0.2, 0) is 5.54 Å². The maximum absolute atomic E-state index is 5.55. The minimum atomic E-state index is -0.0578. The van der Waals surface area contributed by atoms with Crippen molar-refractivity contribution in [3.8, 4) is 0 Å². The summed E-state index contributed by atoms with van der Waals surface area (Å²) in [5, 5.41) is 8.17. The Labute approximate surface area is 116 Å². The van der Waals surface area contributed by atoms with Crippen LogP contribution in [-0.4, -0.2) is 33.9 Å². The highest BCUT2D eigenvalue weighted by Crippen LogP contribution is 2.38. The van der Waals surface area contributed by atoms with Gasteiger partial charge in [-0.15, -0.1) is 11.8 Å². The van der Waals surface area contributed by atoms with Crippen LogP contribution in [0.25, 0.3) is 0 Å². The third kappa shape index (κ3) is 2.30. The second kappa shape index (κ2) is 5.43. The van der Waals surface area contributed by atoms with Gasteiger partial charge in [-0.05, 0) is 25.8 Å². The van der Waals surface area contributed by atoms with Crippen LogP contribution in [0.4, 0.5) is 0 Å². The molecule has 0 radical (unpaired) electrons. The Morgan fingerprint density at radius 3 is 3.11 bits per heavy atom. The van der Waals surface area contributed by atoms with E-state index >= 15 is 0 Å². The third-order valence-corrected chi connectivity index (χ3v) is 6.55. The molecule has 2 unspecified atom stereocenters. The zero-order valence-electron chi connectivity index (χ0n) is 10.6. The van der Waals surface area contributed by atoms with Crippen LogP contribution in [0.15, 0.2) is 4.52 Å². The van der Waals surface area contributed by atoms with Gasteiger partial charge in [0, 0.05) is 17.3 Å². The molecule has 2 aliphatic rings. The zero-order valence-corrected chi connectivity index (χ0v) is 12.3. The SMILES string of the molecule is CCC1(c2nc(C3CSCCS3)no2)CCCN1. The molecule has 0 amide bonds. The van der Waals surface area contributed by atoms with E-state index in [0.29, 0.717) is 5.25 Å². The van der Waals surface area contributed by atoms with E-state index in [4.69, 9.17) is 4.52 Å². The number of hydrogen-bond donors (Lipinski definition) is 1. The van der Waals surface area contributed by atoms with Crippen molar-refractivity contribution in [1.29, 1.82) is 0 Å². The summed E-state index contributed by atoms with van der Waals surface area (Å²) >= 11 is 3.94. The maximum Gasteiger partial charge on any atom is 0.246 e. The predicted molar refractivity (Wildman–Crippen MR) is 76.0 cm³/mol. The monoisotopic (exact) mass is 285 g/mol. The van der Waals surface area contributed by atoms with Gasteiger partial charge in [0.1, 0.15) is 0 Å². The summed E-state index contributed by atoms with van der Waals surface area (Å²) in [7, 11) is 0. The summed E-state index contributed by atoms with van der Waals surface area (Å²) in [5.74, 6) is 5.23. The second-order valence-corrected chi connectivity index (χ2v) is 7.32. The predicted octanol–water partition coefficient (Wildman–Crippen LogP) is 2.58. The van der Waals surface area contributed by atoms with Crippen LogP contribution in [0.1, 0.15) is 43.2 Å². The molecule has 100 valence electrons. The quantitative estimate of drug-likeness (QED) is 0.921. The number of nitrogens with one attached hydrogen (secondary N) is 1. The molecule has 0 aromatic carbocycles.